The zero-order valence-corrected chi connectivity index (χ0v) is 6.03. The van der Waals surface area contributed by atoms with Crippen molar-refractivity contribution in [1.82, 2.24) is 10.1 Å². The van der Waals surface area contributed by atoms with E-state index in [2.05, 4.69) is 10.1 Å². The van der Waals surface area contributed by atoms with E-state index in [0.717, 1.165) is 11.1 Å². The monoisotopic (exact) mass is 149 g/mol. The fourth-order valence-corrected chi connectivity index (χ4v) is 0.947. The SMILES string of the molecule is Cc1ccc2c(N)onc2n1. The van der Waals surface area contributed by atoms with E-state index in [1.807, 2.05) is 19.1 Å². The Hall–Kier alpha value is -1.58. The molecule has 0 amide bonds. The molecule has 0 saturated heterocycles. The maximum absolute atomic E-state index is 5.46. The van der Waals surface area contributed by atoms with Crippen molar-refractivity contribution in [2.75, 3.05) is 5.73 Å². The van der Waals surface area contributed by atoms with Crippen LogP contribution in [0.25, 0.3) is 11.0 Å². The van der Waals surface area contributed by atoms with Crippen LogP contribution in [0.3, 0.4) is 0 Å². The normalized spacial score (nSPS) is 10.6. The van der Waals surface area contributed by atoms with Crippen LogP contribution in [0.15, 0.2) is 16.7 Å². The molecule has 0 fully saturated rings. The van der Waals surface area contributed by atoms with Gasteiger partial charge in [-0.1, -0.05) is 5.16 Å². The molecule has 2 aromatic heterocycles. The number of nitrogens with zero attached hydrogens (tertiary/aromatic N) is 2. The number of nitrogen functional groups attached to an aromatic ring is 1. The van der Waals surface area contributed by atoms with E-state index in [1.54, 1.807) is 0 Å². The predicted octanol–water partition coefficient (Wildman–Crippen LogP) is 1.11. The van der Waals surface area contributed by atoms with Crippen LogP contribution < -0.4 is 5.73 Å². The van der Waals surface area contributed by atoms with Gasteiger partial charge in [0.25, 0.3) is 0 Å². The summed E-state index contributed by atoms with van der Waals surface area (Å²) in [5.41, 5.74) is 6.94. The second-order valence-electron chi connectivity index (χ2n) is 2.37. The van der Waals surface area contributed by atoms with Crippen molar-refractivity contribution >= 4 is 16.9 Å². The summed E-state index contributed by atoms with van der Waals surface area (Å²) >= 11 is 0. The highest BCUT2D eigenvalue weighted by Gasteiger charge is 2.04. The Morgan fingerprint density at radius 3 is 3.09 bits per heavy atom. The van der Waals surface area contributed by atoms with Gasteiger partial charge in [0.15, 0.2) is 0 Å². The summed E-state index contributed by atoms with van der Waals surface area (Å²) in [7, 11) is 0. The molecule has 0 unspecified atom stereocenters. The Morgan fingerprint density at radius 2 is 2.27 bits per heavy atom. The number of nitrogens with two attached hydrogens (primary N) is 1. The van der Waals surface area contributed by atoms with Gasteiger partial charge in [-0.3, -0.25) is 0 Å². The van der Waals surface area contributed by atoms with Gasteiger partial charge in [0, 0.05) is 5.69 Å². The Bertz CT molecular complexity index is 393. The number of aromatic nitrogens is 2. The minimum Gasteiger partial charge on any atom is -0.367 e. The van der Waals surface area contributed by atoms with E-state index in [4.69, 9.17) is 10.3 Å². The van der Waals surface area contributed by atoms with Crippen LogP contribution in [-0.4, -0.2) is 10.1 Å². The lowest BCUT2D eigenvalue weighted by Gasteiger charge is -1.88. The lowest BCUT2D eigenvalue weighted by atomic mass is 10.3. The van der Waals surface area contributed by atoms with E-state index in [1.165, 1.54) is 0 Å². The molecule has 0 saturated carbocycles. The van der Waals surface area contributed by atoms with Crippen molar-refractivity contribution < 1.29 is 4.52 Å². The second-order valence-corrected chi connectivity index (χ2v) is 2.37. The largest absolute Gasteiger partial charge is 0.367 e. The summed E-state index contributed by atoms with van der Waals surface area (Å²) in [4.78, 5) is 4.11. The molecule has 4 nitrogen and oxygen atoms in total. The number of aryl methyl sites for hydroxylation is 1. The summed E-state index contributed by atoms with van der Waals surface area (Å²) in [5, 5.41) is 4.44. The maximum Gasteiger partial charge on any atom is 0.231 e. The molecule has 0 radical (unpaired) electrons. The van der Waals surface area contributed by atoms with Crippen LogP contribution in [-0.2, 0) is 0 Å². The quantitative estimate of drug-likeness (QED) is 0.609. The van der Waals surface area contributed by atoms with Gasteiger partial charge in [0.2, 0.25) is 11.5 Å². The molecule has 0 aliphatic carbocycles. The van der Waals surface area contributed by atoms with E-state index >= 15 is 0 Å². The van der Waals surface area contributed by atoms with Gasteiger partial charge in [-0.2, -0.15) is 0 Å². The van der Waals surface area contributed by atoms with Crippen molar-refractivity contribution in [1.29, 1.82) is 0 Å². The van der Waals surface area contributed by atoms with Crippen LogP contribution in [0, 0.1) is 6.92 Å². The highest BCUT2D eigenvalue weighted by Crippen LogP contribution is 2.17. The first-order valence-electron chi connectivity index (χ1n) is 3.26. The summed E-state index contributed by atoms with van der Waals surface area (Å²) in [6, 6.07) is 3.72. The standard InChI is InChI=1S/C7H7N3O/c1-4-2-3-5-6(8)11-10-7(5)9-4/h2-3H,8H2,1H3. The van der Waals surface area contributed by atoms with Gasteiger partial charge in [0.05, 0.1) is 5.39 Å². The molecular weight excluding hydrogens is 142 g/mol. The van der Waals surface area contributed by atoms with Crippen LogP contribution in [0.5, 0.6) is 0 Å². The average molecular weight is 149 g/mol. The molecule has 0 aliphatic heterocycles. The molecule has 0 spiro atoms. The molecule has 2 aromatic rings. The highest BCUT2D eigenvalue weighted by atomic mass is 16.5. The number of pyridine rings is 1. The fourth-order valence-electron chi connectivity index (χ4n) is 0.947. The summed E-state index contributed by atoms with van der Waals surface area (Å²) < 4.78 is 4.74. The van der Waals surface area contributed by atoms with Gasteiger partial charge < -0.3 is 10.3 Å². The van der Waals surface area contributed by atoms with E-state index < -0.39 is 0 Å². The highest BCUT2D eigenvalue weighted by molar-refractivity contribution is 5.84. The van der Waals surface area contributed by atoms with E-state index in [-0.39, 0.29) is 0 Å². The molecule has 0 aromatic carbocycles. The summed E-state index contributed by atoms with van der Waals surface area (Å²) in [5.74, 6) is 0.326. The van der Waals surface area contributed by atoms with Crippen LogP contribution in [0.4, 0.5) is 5.88 Å². The lowest BCUT2D eigenvalue weighted by molar-refractivity contribution is 0.443. The van der Waals surface area contributed by atoms with Gasteiger partial charge in [-0.25, -0.2) is 4.98 Å². The molecule has 2 rings (SSSR count). The number of anilines is 1. The van der Waals surface area contributed by atoms with Crippen LogP contribution in [0.1, 0.15) is 5.69 Å². The lowest BCUT2D eigenvalue weighted by Crippen LogP contribution is -1.83. The molecule has 11 heavy (non-hydrogen) atoms. The molecule has 0 atom stereocenters. The van der Waals surface area contributed by atoms with Crippen molar-refractivity contribution in [2.24, 2.45) is 0 Å². The Kier molecular flexibility index (Phi) is 1.09. The topological polar surface area (TPSA) is 64.9 Å². The van der Waals surface area contributed by atoms with Crippen LogP contribution in [0.2, 0.25) is 0 Å². The summed E-state index contributed by atoms with van der Waals surface area (Å²) in [6.45, 7) is 1.89. The van der Waals surface area contributed by atoms with Crippen molar-refractivity contribution in [3.63, 3.8) is 0 Å². The van der Waals surface area contributed by atoms with E-state index in [0.29, 0.717) is 11.5 Å². The number of rotatable bonds is 0. The first-order chi connectivity index (χ1) is 5.27. The fraction of sp³-hybridized carbons (Fsp3) is 0.143. The zero-order valence-electron chi connectivity index (χ0n) is 6.03. The van der Waals surface area contributed by atoms with Crippen molar-refractivity contribution in [2.45, 2.75) is 6.92 Å². The number of fused-ring (bicyclic) bond motifs is 1. The molecule has 0 bridgehead atoms. The minimum absolute atomic E-state index is 0.326. The Morgan fingerprint density at radius 1 is 1.45 bits per heavy atom. The van der Waals surface area contributed by atoms with Crippen LogP contribution >= 0.6 is 0 Å². The third-order valence-electron chi connectivity index (χ3n) is 1.51. The number of hydrogen-bond acceptors (Lipinski definition) is 4. The zero-order chi connectivity index (χ0) is 7.84. The van der Waals surface area contributed by atoms with Gasteiger partial charge in [-0.05, 0) is 19.1 Å². The first kappa shape index (κ1) is 6.15. The van der Waals surface area contributed by atoms with Crippen molar-refractivity contribution in [3.8, 4) is 0 Å². The first-order valence-corrected chi connectivity index (χ1v) is 3.26. The smallest absolute Gasteiger partial charge is 0.231 e. The molecule has 56 valence electrons. The second kappa shape index (κ2) is 1.95. The maximum atomic E-state index is 5.46. The van der Waals surface area contributed by atoms with Gasteiger partial charge in [0.1, 0.15) is 0 Å². The molecule has 2 N–H and O–H groups in total. The van der Waals surface area contributed by atoms with Crippen molar-refractivity contribution in [3.05, 3.63) is 17.8 Å². The number of hydrogen-bond donors (Lipinski definition) is 1. The third-order valence-corrected chi connectivity index (χ3v) is 1.51. The van der Waals surface area contributed by atoms with Gasteiger partial charge in [-0.15, -0.1) is 0 Å². The van der Waals surface area contributed by atoms with E-state index in [9.17, 15) is 0 Å². The molecule has 0 aliphatic rings. The average Bonchev–Trinajstić information content (AvgIpc) is 2.32. The van der Waals surface area contributed by atoms with Gasteiger partial charge >= 0.3 is 0 Å². The predicted molar refractivity (Wildman–Crippen MR) is 41.0 cm³/mol. The summed E-state index contributed by atoms with van der Waals surface area (Å²) in [6.07, 6.45) is 0. The third kappa shape index (κ3) is 0.832. The molecule has 2 heterocycles. The Labute approximate surface area is 63.0 Å². The molecular formula is C7H7N3O. The minimum atomic E-state index is 0.326. The molecule has 4 heteroatoms. The Balaban J connectivity index is 2.86.